The van der Waals surface area contributed by atoms with Crippen molar-refractivity contribution in [2.24, 2.45) is 5.41 Å². The van der Waals surface area contributed by atoms with E-state index in [1.807, 2.05) is 16.9 Å². The van der Waals surface area contributed by atoms with Gasteiger partial charge in [-0.2, -0.15) is 10.4 Å². The second-order valence-electron chi connectivity index (χ2n) is 10.6. The lowest BCUT2D eigenvalue weighted by molar-refractivity contribution is 0.105. The van der Waals surface area contributed by atoms with Crippen LogP contribution in [-0.2, 0) is 10.2 Å². The number of fused-ring (bicyclic) bond motifs is 1. The molecule has 2 saturated carbocycles. The Morgan fingerprint density at radius 2 is 2.03 bits per heavy atom. The average Bonchev–Trinajstić information content (AvgIpc) is 3.60. The molecule has 2 aliphatic heterocycles. The summed E-state index contributed by atoms with van der Waals surface area (Å²) in [5.41, 5.74) is 2.05. The Kier molecular flexibility index (Phi) is 4.33. The topological polar surface area (TPSA) is 83.1 Å². The van der Waals surface area contributed by atoms with E-state index in [9.17, 15) is 5.26 Å². The lowest BCUT2D eigenvalue weighted by Gasteiger charge is -2.43. The van der Waals surface area contributed by atoms with Gasteiger partial charge in [-0.25, -0.2) is 14.6 Å². The van der Waals surface area contributed by atoms with E-state index < -0.39 is 0 Å². The van der Waals surface area contributed by atoms with E-state index in [1.54, 1.807) is 6.33 Å². The molecule has 1 spiro atoms. The molecule has 34 heavy (non-hydrogen) atoms. The van der Waals surface area contributed by atoms with Crippen molar-refractivity contribution in [3.63, 3.8) is 0 Å². The predicted molar refractivity (Wildman–Crippen MR) is 128 cm³/mol. The van der Waals surface area contributed by atoms with E-state index in [1.165, 1.54) is 12.8 Å². The van der Waals surface area contributed by atoms with Gasteiger partial charge in [-0.3, -0.25) is 4.90 Å². The third kappa shape index (κ3) is 2.93. The zero-order valence-electron chi connectivity index (χ0n) is 19.5. The molecule has 7 rings (SSSR count). The first kappa shape index (κ1) is 20.4. The fraction of sp³-hybridized carbons (Fsp3) is 0.538. The lowest BCUT2D eigenvalue weighted by atomic mass is 9.93. The number of hydrogen-bond acceptors (Lipinski definition) is 7. The van der Waals surface area contributed by atoms with Gasteiger partial charge in [-0.15, -0.1) is 0 Å². The van der Waals surface area contributed by atoms with Gasteiger partial charge in [0.25, 0.3) is 0 Å². The first-order valence-corrected chi connectivity index (χ1v) is 12.4. The zero-order chi connectivity index (χ0) is 22.9. The van der Waals surface area contributed by atoms with Gasteiger partial charge in [0.2, 0.25) is 0 Å². The third-order valence-electron chi connectivity index (χ3n) is 8.72. The molecule has 4 aliphatic rings. The second kappa shape index (κ2) is 7.24. The van der Waals surface area contributed by atoms with Crippen molar-refractivity contribution in [3.8, 4) is 11.9 Å². The van der Waals surface area contributed by atoms with Gasteiger partial charge in [0.15, 0.2) is 5.82 Å². The summed E-state index contributed by atoms with van der Waals surface area (Å²) in [6.45, 7) is 6.91. The molecular formula is C26H29N7O. The van der Waals surface area contributed by atoms with Crippen LogP contribution in [0.15, 0.2) is 36.8 Å². The molecule has 0 amide bonds. The van der Waals surface area contributed by atoms with Gasteiger partial charge in [-0.1, -0.05) is 12.1 Å². The number of piperazine rings is 1. The fourth-order valence-electron chi connectivity index (χ4n) is 6.45. The predicted octanol–water partition coefficient (Wildman–Crippen LogP) is 3.06. The van der Waals surface area contributed by atoms with E-state index in [2.05, 4.69) is 56.1 Å². The average molecular weight is 456 g/mol. The highest BCUT2D eigenvalue weighted by molar-refractivity contribution is 5.82. The van der Waals surface area contributed by atoms with Crippen molar-refractivity contribution in [3.05, 3.63) is 42.4 Å². The van der Waals surface area contributed by atoms with Crippen molar-refractivity contribution in [1.82, 2.24) is 24.6 Å². The number of rotatable bonds is 4. The fourth-order valence-corrected chi connectivity index (χ4v) is 6.45. The van der Waals surface area contributed by atoms with Crippen LogP contribution in [0.1, 0.15) is 38.2 Å². The van der Waals surface area contributed by atoms with E-state index in [0.717, 1.165) is 73.8 Å². The molecule has 8 nitrogen and oxygen atoms in total. The quantitative estimate of drug-likeness (QED) is 0.598. The van der Waals surface area contributed by atoms with Crippen molar-refractivity contribution >= 4 is 16.7 Å². The molecule has 0 N–H and O–H groups in total. The molecule has 1 aromatic carbocycles. The van der Waals surface area contributed by atoms with Crippen LogP contribution < -0.4 is 4.90 Å². The minimum absolute atomic E-state index is 0.242. The van der Waals surface area contributed by atoms with Crippen LogP contribution in [0, 0.1) is 16.7 Å². The number of nitriles is 1. The maximum Gasteiger partial charge on any atom is 0.159 e. The van der Waals surface area contributed by atoms with E-state index in [0.29, 0.717) is 12.1 Å². The molecule has 0 radical (unpaired) electrons. The van der Waals surface area contributed by atoms with Crippen LogP contribution in [0.2, 0.25) is 0 Å². The molecule has 0 unspecified atom stereocenters. The number of nitrogens with zero attached hydrogens (tertiary/aromatic N) is 7. The van der Waals surface area contributed by atoms with Crippen molar-refractivity contribution in [1.29, 1.82) is 5.26 Å². The normalized spacial score (nSPS) is 30.1. The molecule has 0 bridgehead atoms. The zero-order valence-corrected chi connectivity index (χ0v) is 19.5. The van der Waals surface area contributed by atoms with E-state index >= 15 is 0 Å². The molecular weight excluding hydrogens is 426 g/mol. The minimum Gasteiger partial charge on any atom is -0.380 e. The Hall–Kier alpha value is -3.02. The summed E-state index contributed by atoms with van der Waals surface area (Å²) in [5.74, 6) is 1.70. The van der Waals surface area contributed by atoms with Crippen LogP contribution in [0.5, 0.6) is 0 Å². The molecule has 8 heteroatoms. The summed E-state index contributed by atoms with van der Waals surface area (Å²) in [4.78, 5) is 14.1. The smallest absolute Gasteiger partial charge is 0.159 e. The van der Waals surface area contributed by atoms with Gasteiger partial charge < -0.3 is 9.64 Å². The van der Waals surface area contributed by atoms with Crippen molar-refractivity contribution in [2.75, 3.05) is 37.7 Å². The first-order valence-electron chi connectivity index (χ1n) is 12.4. The molecule has 3 atom stereocenters. The maximum atomic E-state index is 9.98. The third-order valence-corrected chi connectivity index (χ3v) is 8.72. The second-order valence-corrected chi connectivity index (χ2v) is 10.6. The van der Waals surface area contributed by atoms with Crippen molar-refractivity contribution < 1.29 is 4.74 Å². The Morgan fingerprint density at radius 3 is 2.76 bits per heavy atom. The SMILES string of the molecule is C[C@H]1CN(c2cc(-n3ncc4ccc([C@]5(C#N)CC56CC6)cc43)ncn2)CCN1[C@H]1CCOC1. The Labute approximate surface area is 199 Å². The Balaban J connectivity index is 1.17. The summed E-state index contributed by atoms with van der Waals surface area (Å²) in [6, 6.07) is 12.0. The highest BCUT2D eigenvalue weighted by Gasteiger charge is 2.75. The molecule has 2 aliphatic carbocycles. The Bertz CT molecular complexity index is 1300. The van der Waals surface area contributed by atoms with Crippen molar-refractivity contribution in [2.45, 2.75) is 50.1 Å². The highest BCUT2D eigenvalue weighted by atomic mass is 16.5. The summed E-state index contributed by atoms with van der Waals surface area (Å²) < 4.78 is 7.51. The van der Waals surface area contributed by atoms with E-state index in [-0.39, 0.29) is 10.8 Å². The van der Waals surface area contributed by atoms with Gasteiger partial charge in [0, 0.05) is 49.8 Å². The number of anilines is 1. The van der Waals surface area contributed by atoms with Gasteiger partial charge in [-0.05, 0) is 49.7 Å². The van der Waals surface area contributed by atoms with Gasteiger partial charge in [0.05, 0.1) is 29.8 Å². The number of ether oxygens (including phenoxy) is 1. The van der Waals surface area contributed by atoms with Crippen LogP contribution in [-0.4, -0.2) is 69.6 Å². The van der Waals surface area contributed by atoms with Gasteiger partial charge >= 0.3 is 0 Å². The monoisotopic (exact) mass is 455 g/mol. The summed E-state index contributed by atoms with van der Waals surface area (Å²) in [7, 11) is 0. The van der Waals surface area contributed by atoms with Crippen LogP contribution in [0.4, 0.5) is 5.82 Å². The lowest BCUT2D eigenvalue weighted by Crippen LogP contribution is -2.55. The number of hydrogen-bond donors (Lipinski definition) is 0. The van der Waals surface area contributed by atoms with E-state index in [4.69, 9.17) is 4.74 Å². The molecule has 4 heterocycles. The van der Waals surface area contributed by atoms with Crippen LogP contribution in [0.25, 0.3) is 16.7 Å². The summed E-state index contributed by atoms with van der Waals surface area (Å²) >= 11 is 0. The summed E-state index contributed by atoms with van der Waals surface area (Å²) in [5, 5.41) is 15.7. The van der Waals surface area contributed by atoms with Crippen LogP contribution >= 0.6 is 0 Å². The molecule has 2 aromatic heterocycles. The van der Waals surface area contributed by atoms with Crippen LogP contribution in [0.3, 0.4) is 0 Å². The summed E-state index contributed by atoms with van der Waals surface area (Å²) in [6.07, 6.45) is 7.99. The molecule has 4 fully saturated rings. The first-order chi connectivity index (χ1) is 16.6. The molecule has 174 valence electrons. The standard InChI is InChI=1S/C26H29N7O/c1-18-13-31(7-8-32(18)21-4-9-34-14-21)23-11-24(29-17-28-23)33-22-10-20(3-2-19(22)12-30-33)26(16-27)15-25(26)5-6-25/h2-3,10-12,17-18,21H,4-9,13-15H2,1H3/t18-,21-,26+/m0/s1. The number of aromatic nitrogens is 4. The largest absolute Gasteiger partial charge is 0.380 e. The highest BCUT2D eigenvalue weighted by Crippen LogP contribution is 2.78. The number of benzene rings is 1. The minimum atomic E-state index is -0.312. The maximum absolute atomic E-state index is 9.98. The Morgan fingerprint density at radius 1 is 1.15 bits per heavy atom. The van der Waals surface area contributed by atoms with Gasteiger partial charge in [0.1, 0.15) is 12.1 Å². The molecule has 2 saturated heterocycles. The molecule has 3 aromatic rings.